The van der Waals surface area contributed by atoms with Gasteiger partial charge in [0.1, 0.15) is 5.82 Å². The molecule has 20 heavy (non-hydrogen) atoms. The predicted molar refractivity (Wildman–Crippen MR) is 74.4 cm³/mol. The number of nitrogens with zero attached hydrogens (tertiary/aromatic N) is 2. The lowest BCUT2D eigenvalue weighted by atomic mass is 10.2. The maximum Gasteiger partial charge on any atom is 0.344 e. The lowest BCUT2D eigenvalue weighted by Gasteiger charge is -2.09. The number of rotatable bonds is 5. The summed E-state index contributed by atoms with van der Waals surface area (Å²) in [5, 5.41) is 10.2. The molecule has 2 N–H and O–H groups in total. The molecule has 0 bridgehead atoms. The molecule has 0 spiro atoms. The highest BCUT2D eigenvalue weighted by atomic mass is 32.2. The summed E-state index contributed by atoms with van der Waals surface area (Å²) in [4.78, 5) is 12.6. The molecule has 0 unspecified atom stereocenters. The largest absolute Gasteiger partial charge is 0.344 e. The van der Waals surface area contributed by atoms with Gasteiger partial charge in [0.25, 0.3) is 0 Å². The van der Waals surface area contributed by atoms with Crippen LogP contribution in [0.15, 0.2) is 33.0 Å². The van der Waals surface area contributed by atoms with E-state index in [9.17, 15) is 9.18 Å². The van der Waals surface area contributed by atoms with Crippen molar-refractivity contribution in [1.82, 2.24) is 20.1 Å². The van der Waals surface area contributed by atoms with Crippen LogP contribution in [0.1, 0.15) is 24.4 Å². The van der Waals surface area contributed by atoms with Crippen molar-refractivity contribution in [3.05, 3.63) is 40.1 Å². The topological polar surface area (TPSA) is 62.7 Å². The molecular formula is C13H15FN4OS. The van der Waals surface area contributed by atoms with Gasteiger partial charge in [-0.1, -0.05) is 0 Å². The van der Waals surface area contributed by atoms with Crippen LogP contribution in [0.5, 0.6) is 0 Å². The van der Waals surface area contributed by atoms with Crippen LogP contribution in [0.25, 0.3) is 0 Å². The minimum Gasteiger partial charge on any atom is -0.316 e. The van der Waals surface area contributed by atoms with E-state index >= 15 is 0 Å². The van der Waals surface area contributed by atoms with Crippen molar-refractivity contribution in [3.63, 3.8) is 0 Å². The van der Waals surface area contributed by atoms with Crippen molar-refractivity contribution < 1.29 is 4.39 Å². The molecule has 0 saturated heterocycles. The molecule has 7 heteroatoms. The van der Waals surface area contributed by atoms with E-state index in [1.165, 1.54) is 23.9 Å². The summed E-state index contributed by atoms with van der Waals surface area (Å²) in [6, 6.07) is 4.92. The number of aromatic amines is 1. The Kier molecular flexibility index (Phi) is 3.62. The highest BCUT2D eigenvalue weighted by Gasteiger charge is 2.28. The maximum atomic E-state index is 13.3. The van der Waals surface area contributed by atoms with Gasteiger partial charge in [-0.2, -0.15) is 0 Å². The maximum absolute atomic E-state index is 13.3. The Morgan fingerprint density at radius 1 is 1.55 bits per heavy atom. The average Bonchev–Trinajstić information content (AvgIpc) is 3.18. The lowest BCUT2D eigenvalue weighted by molar-refractivity contribution is 0.620. The van der Waals surface area contributed by atoms with Gasteiger partial charge >= 0.3 is 5.69 Å². The summed E-state index contributed by atoms with van der Waals surface area (Å²) < 4.78 is 15.0. The summed E-state index contributed by atoms with van der Waals surface area (Å²) in [7, 11) is 1.81. The lowest BCUT2D eigenvalue weighted by Crippen LogP contribution is -2.16. The second kappa shape index (κ2) is 5.41. The van der Waals surface area contributed by atoms with E-state index in [0.717, 1.165) is 23.3 Å². The van der Waals surface area contributed by atoms with E-state index in [1.54, 1.807) is 10.6 Å². The second-order valence-electron chi connectivity index (χ2n) is 4.80. The molecule has 0 radical (unpaired) electrons. The number of nitrogens with one attached hydrogen (secondary N) is 2. The Labute approximate surface area is 119 Å². The molecule has 0 atom stereocenters. The van der Waals surface area contributed by atoms with Gasteiger partial charge in [0.2, 0.25) is 0 Å². The summed E-state index contributed by atoms with van der Waals surface area (Å²) in [6.45, 7) is 0.568. The van der Waals surface area contributed by atoms with Gasteiger partial charge in [0.15, 0.2) is 5.16 Å². The number of benzene rings is 1. The monoisotopic (exact) mass is 294 g/mol. The van der Waals surface area contributed by atoms with Crippen LogP contribution in [0, 0.1) is 5.82 Å². The Balaban J connectivity index is 1.93. The fourth-order valence-electron chi connectivity index (χ4n) is 2.09. The molecule has 3 rings (SSSR count). The first-order chi connectivity index (χ1) is 9.69. The molecule has 0 aliphatic heterocycles. The number of hydrogen-bond acceptors (Lipinski definition) is 4. The molecule has 1 fully saturated rings. The van der Waals surface area contributed by atoms with Crippen LogP contribution < -0.4 is 11.0 Å². The molecule has 0 amide bonds. The normalized spacial score (nSPS) is 14.7. The van der Waals surface area contributed by atoms with Crippen LogP contribution >= 0.6 is 11.8 Å². The fourth-order valence-corrected chi connectivity index (χ4v) is 3.11. The van der Waals surface area contributed by atoms with Crippen LogP contribution in [-0.2, 0) is 6.54 Å². The molecule has 106 valence electrons. The third-order valence-corrected chi connectivity index (χ3v) is 4.26. The van der Waals surface area contributed by atoms with E-state index < -0.39 is 0 Å². The standard InChI is InChI=1S/C13H15FN4OS/c1-15-7-8-6-9(14)2-5-11(8)20-13-17-16-12(19)18(13)10-3-4-10/h2,5-6,10,15H,3-4,7H2,1H3,(H,16,19). The van der Waals surface area contributed by atoms with Gasteiger partial charge in [0, 0.05) is 17.5 Å². The van der Waals surface area contributed by atoms with Gasteiger partial charge < -0.3 is 5.32 Å². The highest BCUT2D eigenvalue weighted by Crippen LogP contribution is 2.38. The van der Waals surface area contributed by atoms with Crippen LogP contribution in [0.4, 0.5) is 4.39 Å². The summed E-state index contributed by atoms with van der Waals surface area (Å²) >= 11 is 1.39. The first-order valence-corrected chi connectivity index (χ1v) is 7.28. The predicted octanol–water partition coefficient (Wildman–Crippen LogP) is 1.92. The van der Waals surface area contributed by atoms with Crippen molar-refractivity contribution in [2.24, 2.45) is 0 Å². The molecule has 2 aromatic rings. The van der Waals surface area contributed by atoms with Gasteiger partial charge in [-0.3, -0.25) is 4.57 Å². The Hall–Kier alpha value is -1.60. The van der Waals surface area contributed by atoms with Crippen molar-refractivity contribution in [1.29, 1.82) is 0 Å². The van der Waals surface area contributed by atoms with Crippen LogP contribution in [0.3, 0.4) is 0 Å². The molecule has 5 nitrogen and oxygen atoms in total. The summed E-state index contributed by atoms with van der Waals surface area (Å²) in [5.74, 6) is -0.263. The van der Waals surface area contributed by atoms with Crippen molar-refractivity contribution in [2.75, 3.05) is 7.05 Å². The number of aromatic nitrogens is 3. The molecule has 1 heterocycles. The fraction of sp³-hybridized carbons (Fsp3) is 0.385. The van der Waals surface area contributed by atoms with Gasteiger partial charge in [0.05, 0.1) is 0 Å². The van der Waals surface area contributed by atoms with Gasteiger partial charge in [-0.15, -0.1) is 5.10 Å². The zero-order valence-corrected chi connectivity index (χ0v) is 11.8. The molecule has 1 aromatic carbocycles. The van der Waals surface area contributed by atoms with E-state index in [1.807, 2.05) is 7.05 Å². The Morgan fingerprint density at radius 3 is 3.05 bits per heavy atom. The van der Waals surface area contributed by atoms with E-state index in [2.05, 4.69) is 15.5 Å². The Bertz CT molecular complexity index is 677. The zero-order valence-electron chi connectivity index (χ0n) is 11.0. The van der Waals surface area contributed by atoms with Crippen LogP contribution in [-0.4, -0.2) is 21.8 Å². The zero-order chi connectivity index (χ0) is 14.1. The van der Waals surface area contributed by atoms with Crippen molar-refractivity contribution in [2.45, 2.75) is 35.5 Å². The molecule has 1 aliphatic rings. The molecule has 1 saturated carbocycles. The minimum absolute atomic E-state index is 0.174. The summed E-state index contributed by atoms with van der Waals surface area (Å²) in [5.41, 5.74) is 0.683. The first kappa shape index (κ1) is 13.4. The number of H-pyrrole nitrogens is 1. The smallest absolute Gasteiger partial charge is 0.316 e. The van der Waals surface area contributed by atoms with E-state index in [0.29, 0.717) is 11.7 Å². The van der Waals surface area contributed by atoms with Gasteiger partial charge in [-0.05, 0) is 55.4 Å². The van der Waals surface area contributed by atoms with Gasteiger partial charge in [-0.25, -0.2) is 14.3 Å². The van der Waals surface area contributed by atoms with E-state index in [4.69, 9.17) is 0 Å². The first-order valence-electron chi connectivity index (χ1n) is 6.47. The third kappa shape index (κ3) is 2.64. The van der Waals surface area contributed by atoms with Crippen LogP contribution in [0.2, 0.25) is 0 Å². The summed E-state index contributed by atoms with van der Waals surface area (Å²) in [6.07, 6.45) is 2.03. The molecule has 1 aliphatic carbocycles. The number of hydrogen-bond donors (Lipinski definition) is 2. The second-order valence-corrected chi connectivity index (χ2v) is 5.81. The molecule has 1 aromatic heterocycles. The molecular weight excluding hydrogens is 279 g/mol. The van der Waals surface area contributed by atoms with Crippen molar-refractivity contribution >= 4 is 11.8 Å². The van der Waals surface area contributed by atoms with E-state index in [-0.39, 0.29) is 17.5 Å². The SMILES string of the molecule is CNCc1cc(F)ccc1Sc1n[nH]c(=O)n1C1CC1. The Morgan fingerprint density at radius 2 is 2.35 bits per heavy atom. The highest BCUT2D eigenvalue weighted by molar-refractivity contribution is 7.99. The third-order valence-electron chi connectivity index (χ3n) is 3.18. The minimum atomic E-state index is -0.263. The average molecular weight is 294 g/mol. The quantitative estimate of drug-likeness (QED) is 0.884. The number of halogens is 1. The van der Waals surface area contributed by atoms with Crippen molar-refractivity contribution in [3.8, 4) is 0 Å².